The molecule has 2 unspecified atom stereocenters. The fourth-order valence-corrected chi connectivity index (χ4v) is 4.98. The Bertz CT molecular complexity index is 1510. The van der Waals surface area contributed by atoms with Crippen LogP contribution in [0.1, 0.15) is 35.3 Å². The Hall–Kier alpha value is -4.44. The normalized spacial score (nSPS) is 16.1. The molecular formula is C32H29ClF3N3O4. The Balaban J connectivity index is 1.69. The number of carbonyl (C=O) groups is 4. The largest absolute Gasteiger partial charge is 0.452 e. The molecule has 2 atom stereocenters. The van der Waals surface area contributed by atoms with Crippen molar-refractivity contribution in [1.29, 1.82) is 0 Å². The van der Waals surface area contributed by atoms with Crippen LogP contribution < -0.4 is 5.32 Å². The summed E-state index contributed by atoms with van der Waals surface area (Å²) in [5.74, 6) is -4.54. The molecule has 1 heterocycles. The van der Waals surface area contributed by atoms with Gasteiger partial charge in [0.2, 0.25) is 5.91 Å². The van der Waals surface area contributed by atoms with E-state index in [9.17, 15) is 32.3 Å². The molecule has 3 amide bonds. The first-order chi connectivity index (χ1) is 20.4. The van der Waals surface area contributed by atoms with Crippen LogP contribution in [-0.4, -0.2) is 58.1 Å². The number of benzene rings is 3. The number of nitrogens with zero attached hydrogens (tertiary/aromatic N) is 2. The highest BCUT2D eigenvalue weighted by atomic mass is 35.5. The van der Waals surface area contributed by atoms with Gasteiger partial charge in [0.05, 0.1) is 5.70 Å². The highest BCUT2D eigenvalue weighted by Gasteiger charge is 2.45. The SMILES string of the molecule is CC(C)C1C(=O)N(CC(=O)NC(Cc2ccccc2)C(=O)C(F)(F)F)C(c2ccccc2)=CN1C(=O)c1ccc(Cl)cc1. The van der Waals surface area contributed by atoms with Gasteiger partial charge >= 0.3 is 6.18 Å². The second kappa shape index (κ2) is 13.2. The number of ketones is 1. The molecule has 0 aromatic heterocycles. The zero-order valence-corrected chi connectivity index (χ0v) is 24.1. The minimum atomic E-state index is -5.19. The third kappa shape index (κ3) is 7.50. The van der Waals surface area contributed by atoms with Gasteiger partial charge in [-0.15, -0.1) is 0 Å². The predicted octanol–water partition coefficient (Wildman–Crippen LogP) is 5.51. The van der Waals surface area contributed by atoms with Crippen LogP contribution in [0.15, 0.2) is 91.1 Å². The van der Waals surface area contributed by atoms with Crippen molar-refractivity contribution in [2.24, 2.45) is 5.92 Å². The Labute approximate surface area is 251 Å². The van der Waals surface area contributed by atoms with Crippen molar-refractivity contribution in [1.82, 2.24) is 15.1 Å². The van der Waals surface area contributed by atoms with Crippen LogP contribution in [0.2, 0.25) is 5.02 Å². The van der Waals surface area contributed by atoms with Gasteiger partial charge in [-0.2, -0.15) is 13.2 Å². The van der Waals surface area contributed by atoms with E-state index in [-0.39, 0.29) is 11.3 Å². The van der Waals surface area contributed by atoms with Gasteiger partial charge < -0.3 is 10.2 Å². The van der Waals surface area contributed by atoms with E-state index in [1.165, 1.54) is 23.2 Å². The number of carbonyl (C=O) groups excluding carboxylic acids is 4. The monoisotopic (exact) mass is 611 g/mol. The summed E-state index contributed by atoms with van der Waals surface area (Å²) >= 11 is 5.98. The van der Waals surface area contributed by atoms with E-state index >= 15 is 0 Å². The average Bonchev–Trinajstić information content (AvgIpc) is 2.97. The lowest BCUT2D eigenvalue weighted by molar-refractivity contribution is -0.173. The van der Waals surface area contributed by atoms with Gasteiger partial charge in [-0.25, -0.2) is 0 Å². The number of hydrogen-bond acceptors (Lipinski definition) is 4. The number of halogens is 4. The lowest BCUT2D eigenvalue weighted by Crippen LogP contribution is -2.57. The van der Waals surface area contributed by atoms with Crippen molar-refractivity contribution in [3.8, 4) is 0 Å². The van der Waals surface area contributed by atoms with Gasteiger partial charge in [0.25, 0.3) is 17.6 Å². The summed E-state index contributed by atoms with van der Waals surface area (Å²) in [5.41, 5.74) is 1.39. The molecule has 11 heteroatoms. The van der Waals surface area contributed by atoms with Crippen molar-refractivity contribution >= 4 is 40.8 Å². The van der Waals surface area contributed by atoms with Crippen LogP contribution >= 0.6 is 11.6 Å². The summed E-state index contributed by atoms with van der Waals surface area (Å²) in [6.07, 6.45) is -4.11. The zero-order chi connectivity index (χ0) is 31.3. The lowest BCUT2D eigenvalue weighted by Gasteiger charge is -2.41. The Morgan fingerprint density at radius 3 is 2.05 bits per heavy atom. The van der Waals surface area contributed by atoms with E-state index < -0.39 is 60.6 Å². The van der Waals surface area contributed by atoms with E-state index in [1.54, 1.807) is 86.6 Å². The summed E-state index contributed by atoms with van der Waals surface area (Å²) in [5, 5.41) is 2.63. The van der Waals surface area contributed by atoms with Crippen molar-refractivity contribution in [3.05, 3.63) is 113 Å². The second-order valence-corrected chi connectivity index (χ2v) is 10.8. The highest BCUT2D eigenvalue weighted by Crippen LogP contribution is 2.31. The summed E-state index contributed by atoms with van der Waals surface area (Å²) in [6.45, 7) is 2.80. The molecule has 0 saturated heterocycles. The molecule has 3 aromatic rings. The topological polar surface area (TPSA) is 86.8 Å². The first-order valence-corrected chi connectivity index (χ1v) is 13.9. The Kier molecular flexibility index (Phi) is 9.70. The van der Waals surface area contributed by atoms with E-state index in [0.29, 0.717) is 16.1 Å². The van der Waals surface area contributed by atoms with Gasteiger partial charge in [0, 0.05) is 23.2 Å². The zero-order valence-electron chi connectivity index (χ0n) is 23.3. The van der Waals surface area contributed by atoms with E-state index in [4.69, 9.17) is 11.6 Å². The first-order valence-electron chi connectivity index (χ1n) is 13.5. The molecule has 4 rings (SSSR count). The van der Waals surface area contributed by atoms with Gasteiger partial charge in [0.15, 0.2) is 0 Å². The fourth-order valence-electron chi connectivity index (χ4n) is 4.85. The molecular weight excluding hydrogens is 583 g/mol. The second-order valence-electron chi connectivity index (χ2n) is 10.4. The molecule has 1 aliphatic rings. The third-order valence-corrected chi connectivity index (χ3v) is 7.17. The summed E-state index contributed by atoms with van der Waals surface area (Å²) < 4.78 is 40.4. The van der Waals surface area contributed by atoms with Crippen LogP contribution in [0.25, 0.3) is 5.70 Å². The molecule has 43 heavy (non-hydrogen) atoms. The molecule has 0 fully saturated rings. The van der Waals surface area contributed by atoms with Crippen LogP contribution in [0.3, 0.4) is 0 Å². The molecule has 3 aromatic carbocycles. The van der Waals surface area contributed by atoms with Crippen molar-refractivity contribution in [2.75, 3.05) is 6.54 Å². The quantitative estimate of drug-likeness (QED) is 0.346. The minimum Gasteiger partial charge on any atom is -0.344 e. The maximum Gasteiger partial charge on any atom is 0.452 e. The predicted molar refractivity (Wildman–Crippen MR) is 156 cm³/mol. The van der Waals surface area contributed by atoms with Crippen molar-refractivity contribution < 1.29 is 32.3 Å². The molecule has 7 nitrogen and oxygen atoms in total. The molecule has 224 valence electrons. The van der Waals surface area contributed by atoms with E-state index in [2.05, 4.69) is 5.32 Å². The number of nitrogens with one attached hydrogen (secondary N) is 1. The molecule has 1 N–H and O–H groups in total. The summed E-state index contributed by atoms with van der Waals surface area (Å²) in [7, 11) is 0. The van der Waals surface area contributed by atoms with E-state index in [1.807, 2.05) is 0 Å². The number of Topliss-reactive ketones (excluding diaryl/α,β-unsaturated/α-hetero) is 1. The van der Waals surface area contributed by atoms with Crippen molar-refractivity contribution in [2.45, 2.75) is 38.5 Å². The minimum absolute atomic E-state index is 0.196. The number of hydrogen-bond donors (Lipinski definition) is 1. The number of amides is 3. The molecule has 0 radical (unpaired) electrons. The maximum atomic E-state index is 14.0. The van der Waals surface area contributed by atoms with Gasteiger partial charge in [-0.3, -0.25) is 24.1 Å². The van der Waals surface area contributed by atoms with Crippen LogP contribution in [0.5, 0.6) is 0 Å². The first kappa shape index (κ1) is 31.5. The summed E-state index contributed by atoms with van der Waals surface area (Å²) in [6, 6.07) is 19.7. The average molecular weight is 612 g/mol. The van der Waals surface area contributed by atoms with Gasteiger partial charge in [-0.05, 0) is 41.3 Å². The number of alkyl halides is 3. The molecule has 0 aliphatic carbocycles. The van der Waals surface area contributed by atoms with Crippen LogP contribution in [-0.2, 0) is 20.8 Å². The molecule has 0 spiro atoms. The van der Waals surface area contributed by atoms with Crippen LogP contribution in [0, 0.1) is 5.92 Å². The van der Waals surface area contributed by atoms with Gasteiger partial charge in [-0.1, -0.05) is 86.1 Å². The third-order valence-electron chi connectivity index (χ3n) is 6.91. The van der Waals surface area contributed by atoms with Crippen LogP contribution in [0.4, 0.5) is 13.2 Å². The molecule has 0 saturated carbocycles. The summed E-state index contributed by atoms with van der Waals surface area (Å²) in [4.78, 5) is 55.6. The standard InChI is InChI=1S/C32H29ClF3N3O4/c1-20(2)28-31(43)38(19-27(40)37-25(29(41)32(34,35)36)17-21-9-5-3-6-10-21)26(22-11-7-4-8-12-22)18-39(28)30(42)23-13-15-24(33)16-14-23/h3-16,18,20,25,28H,17,19H2,1-2H3,(H,37,40). The maximum absolute atomic E-state index is 14.0. The molecule has 1 aliphatic heterocycles. The van der Waals surface area contributed by atoms with E-state index in [0.717, 1.165) is 4.90 Å². The van der Waals surface area contributed by atoms with Gasteiger partial charge in [0.1, 0.15) is 18.6 Å². The highest BCUT2D eigenvalue weighted by molar-refractivity contribution is 6.30. The molecule has 0 bridgehead atoms. The van der Waals surface area contributed by atoms with Crippen molar-refractivity contribution in [3.63, 3.8) is 0 Å². The number of rotatable bonds is 9. The Morgan fingerprint density at radius 1 is 0.907 bits per heavy atom. The smallest absolute Gasteiger partial charge is 0.344 e. The Morgan fingerprint density at radius 2 is 1.49 bits per heavy atom. The fraction of sp³-hybridized carbons (Fsp3) is 0.250. The lowest BCUT2D eigenvalue weighted by atomic mass is 9.96.